The molecule has 0 bridgehead atoms. The lowest BCUT2D eigenvalue weighted by Gasteiger charge is -2.12. The smallest absolute Gasteiger partial charge is 0.227 e. The van der Waals surface area contributed by atoms with E-state index in [2.05, 4.69) is 5.32 Å². The molecule has 1 saturated carbocycles. The molecule has 2 atom stereocenters. The number of anilines is 1. The molecular formula is C13H14ClN3O. The number of rotatable bonds is 2. The van der Waals surface area contributed by atoms with Crippen LogP contribution in [-0.2, 0) is 4.79 Å². The average Bonchev–Trinajstić information content (AvgIpc) is 2.79. The fraction of sp³-hybridized carbons (Fsp3) is 0.385. The number of halogens is 1. The lowest BCUT2D eigenvalue weighted by molar-refractivity contribution is -0.119. The zero-order chi connectivity index (χ0) is 13.1. The van der Waals surface area contributed by atoms with Crippen LogP contribution >= 0.6 is 11.6 Å². The van der Waals surface area contributed by atoms with Gasteiger partial charge in [0.15, 0.2) is 0 Å². The Morgan fingerprint density at radius 3 is 2.89 bits per heavy atom. The van der Waals surface area contributed by atoms with Crippen molar-refractivity contribution < 1.29 is 4.79 Å². The Kier molecular flexibility index (Phi) is 3.85. The monoisotopic (exact) mass is 263 g/mol. The fourth-order valence-corrected chi connectivity index (χ4v) is 2.34. The SMILES string of the molecule is N#Cc1ccc(Cl)c(NC(=O)C2CCC(N)C2)c1. The Hall–Kier alpha value is -1.57. The molecule has 2 rings (SSSR count). The topological polar surface area (TPSA) is 78.9 Å². The molecule has 1 aromatic carbocycles. The first kappa shape index (κ1) is 12.9. The van der Waals surface area contributed by atoms with Gasteiger partial charge in [0.25, 0.3) is 0 Å². The lowest BCUT2D eigenvalue weighted by Crippen LogP contribution is -2.23. The molecule has 1 fully saturated rings. The molecule has 3 N–H and O–H groups in total. The van der Waals surface area contributed by atoms with E-state index in [0.717, 1.165) is 12.8 Å². The van der Waals surface area contributed by atoms with Crippen molar-refractivity contribution >= 4 is 23.2 Å². The second-order valence-corrected chi connectivity index (χ2v) is 4.97. The molecule has 18 heavy (non-hydrogen) atoms. The van der Waals surface area contributed by atoms with E-state index >= 15 is 0 Å². The summed E-state index contributed by atoms with van der Waals surface area (Å²) in [6.07, 6.45) is 2.40. The van der Waals surface area contributed by atoms with Gasteiger partial charge < -0.3 is 11.1 Å². The molecule has 94 valence electrons. The number of carbonyl (C=O) groups excluding carboxylic acids is 1. The zero-order valence-corrected chi connectivity index (χ0v) is 10.6. The van der Waals surface area contributed by atoms with Crippen LogP contribution in [0.3, 0.4) is 0 Å². The minimum absolute atomic E-state index is 0.0539. The minimum atomic E-state index is -0.0695. The van der Waals surface area contributed by atoms with Crippen molar-refractivity contribution in [2.45, 2.75) is 25.3 Å². The van der Waals surface area contributed by atoms with Crippen LogP contribution in [0.1, 0.15) is 24.8 Å². The van der Waals surface area contributed by atoms with Crippen LogP contribution in [0.4, 0.5) is 5.69 Å². The largest absolute Gasteiger partial charge is 0.328 e. The normalized spacial score (nSPS) is 22.5. The van der Waals surface area contributed by atoms with Gasteiger partial charge in [-0.2, -0.15) is 5.26 Å². The molecule has 0 radical (unpaired) electrons. The lowest BCUT2D eigenvalue weighted by atomic mass is 10.1. The van der Waals surface area contributed by atoms with Crippen molar-refractivity contribution in [1.29, 1.82) is 5.26 Å². The Labute approximate surface area is 111 Å². The van der Waals surface area contributed by atoms with Crippen molar-refractivity contribution in [1.82, 2.24) is 0 Å². The number of carbonyl (C=O) groups is 1. The van der Waals surface area contributed by atoms with Crippen molar-refractivity contribution in [3.63, 3.8) is 0 Å². The number of hydrogen-bond donors (Lipinski definition) is 2. The van der Waals surface area contributed by atoms with E-state index in [9.17, 15) is 4.79 Å². The van der Waals surface area contributed by atoms with Gasteiger partial charge >= 0.3 is 0 Å². The first-order chi connectivity index (χ1) is 8.60. The summed E-state index contributed by atoms with van der Waals surface area (Å²) in [7, 11) is 0. The third-order valence-corrected chi connectivity index (χ3v) is 3.53. The molecule has 5 heteroatoms. The molecule has 1 aliphatic carbocycles. The first-order valence-electron chi connectivity index (χ1n) is 5.86. The number of hydrogen-bond acceptors (Lipinski definition) is 3. The van der Waals surface area contributed by atoms with E-state index in [1.165, 1.54) is 0 Å². The van der Waals surface area contributed by atoms with Gasteiger partial charge in [-0.05, 0) is 37.5 Å². The molecule has 0 aromatic heterocycles. The highest BCUT2D eigenvalue weighted by atomic mass is 35.5. The molecule has 0 saturated heterocycles. The Balaban J connectivity index is 2.09. The summed E-state index contributed by atoms with van der Waals surface area (Å²) in [5.41, 5.74) is 6.74. The maximum atomic E-state index is 12.0. The molecule has 1 aromatic rings. The molecule has 0 aliphatic heterocycles. The van der Waals surface area contributed by atoms with Gasteiger partial charge in [-0.1, -0.05) is 11.6 Å². The van der Waals surface area contributed by atoms with Crippen LogP contribution in [0.5, 0.6) is 0 Å². The molecule has 4 nitrogen and oxygen atoms in total. The van der Waals surface area contributed by atoms with Gasteiger partial charge in [-0.3, -0.25) is 4.79 Å². The second-order valence-electron chi connectivity index (χ2n) is 4.57. The number of nitrogens with one attached hydrogen (secondary N) is 1. The molecular weight excluding hydrogens is 250 g/mol. The standard InChI is InChI=1S/C13H14ClN3O/c14-11-4-1-8(7-15)5-12(11)17-13(18)9-2-3-10(16)6-9/h1,4-5,9-10H,2-3,6,16H2,(H,17,18). The summed E-state index contributed by atoms with van der Waals surface area (Å²) in [6, 6.07) is 6.93. The Bertz CT molecular complexity index is 509. The van der Waals surface area contributed by atoms with E-state index in [-0.39, 0.29) is 17.9 Å². The Morgan fingerprint density at radius 1 is 1.50 bits per heavy atom. The van der Waals surface area contributed by atoms with Crippen LogP contribution in [-0.4, -0.2) is 11.9 Å². The molecule has 0 spiro atoms. The summed E-state index contributed by atoms with van der Waals surface area (Å²) in [4.78, 5) is 12.0. The second kappa shape index (κ2) is 5.38. The highest BCUT2D eigenvalue weighted by Crippen LogP contribution is 2.28. The average molecular weight is 264 g/mol. The maximum absolute atomic E-state index is 12.0. The molecule has 1 aliphatic rings. The number of nitriles is 1. The highest BCUT2D eigenvalue weighted by molar-refractivity contribution is 6.33. The Morgan fingerprint density at radius 2 is 2.28 bits per heavy atom. The fourth-order valence-electron chi connectivity index (χ4n) is 2.18. The van der Waals surface area contributed by atoms with Gasteiger partial charge in [0, 0.05) is 12.0 Å². The summed E-state index contributed by atoms with van der Waals surface area (Å²) >= 11 is 5.98. The van der Waals surface area contributed by atoms with Crippen LogP contribution < -0.4 is 11.1 Å². The predicted octanol–water partition coefficient (Wildman–Crippen LogP) is 2.28. The van der Waals surface area contributed by atoms with Gasteiger partial charge in [-0.15, -0.1) is 0 Å². The van der Waals surface area contributed by atoms with E-state index < -0.39 is 0 Å². The first-order valence-corrected chi connectivity index (χ1v) is 6.24. The summed E-state index contributed by atoms with van der Waals surface area (Å²) < 4.78 is 0. The highest BCUT2D eigenvalue weighted by Gasteiger charge is 2.28. The third kappa shape index (κ3) is 2.81. The summed E-state index contributed by atoms with van der Waals surface area (Å²) in [5, 5.41) is 12.0. The van der Waals surface area contributed by atoms with Gasteiger partial charge in [0.2, 0.25) is 5.91 Å². The quantitative estimate of drug-likeness (QED) is 0.859. The molecule has 0 heterocycles. The van der Waals surface area contributed by atoms with Crippen molar-refractivity contribution in [2.75, 3.05) is 5.32 Å². The number of benzene rings is 1. The zero-order valence-electron chi connectivity index (χ0n) is 9.82. The summed E-state index contributed by atoms with van der Waals surface area (Å²) in [5.74, 6) is -0.123. The van der Waals surface area contributed by atoms with Crippen LogP contribution in [0, 0.1) is 17.2 Å². The van der Waals surface area contributed by atoms with Crippen molar-refractivity contribution in [3.8, 4) is 6.07 Å². The van der Waals surface area contributed by atoms with E-state index in [0.29, 0.717) is 22.7 Å². The number of nitrogens with two attached hydrogens (primary N) is 1. The van der Waals surface area contributed by atoms with E-state index in [4.69, 9.17) is 22.6 Å². The van der Waals surface area contributed by atoms with Gasteiger partial charge in [0.05, 0.1) is 22.3 Å². The molecule has 2 unspecified atom stereocenters. The van der Waals surface area contributed by atoms with Crippen molar-refractivity contribution in [3.05, 3.63) is 28.8 Å². The van der Waals surface area contributed by atoms with Gasteiger partial charge in [0.1, 0.15) is 0 Å². The maximum Gasteiger partial charge on any atom is 0.227 e. The molecule has 1 amide bonds. The van der Waals surface area contributed by atoms with E-state index in [1.807, 2.05) is 6.07 Å². The van der Waals surface area contributed by atoms with Crippen molar-refractivity contribution in [2.24, 2.45) is 11.7 Å². The number of nitrogens with zero attached hydrogens (tertiary/aromatic N) is 1. The van der Waals surface area contributed by atoms with Gasteiger partial charge in [-0.25, -0.2) is 0 Å². The third-order valence-electron chi connectivity index (χ3n) is 3.20. The van der Waals surface area contributed by atoms with Crippen LogP contribution in [0.2, 0.25) is 5.02 Å². The predicted molar refractivity (Wildman–Crippen MR) is 70.1 cm³/mol. The van der Waals surface area contributed by atoms with Crippen LogP contribution in [0.15, 0.2) is 18.2 Å². The van der Waals surface area contributed by atoms with Crippen LogP contribution in [0.25, 0.3) is 0 Å². The minimum Gasteiger partial charge on any atom is -0.328 e. The van der Waals surface area contributed by atoms with E-state index in [1.54, 1.807) is 18.2 Å². The summed E-state index contributed by atoms with van der Waals surface area (Å²) in [6.45, 7) is 0. The number of amides is 1.